The Kier molecular flexibility index (Phi) is 10.5. The van der Waals surface area contributed by atoms with Crippen molar-refractivity contribution in [1.82, 2.24) is 10.2 Å². The minimum atomic E-state index is 1.03. The van der Waals surface area contributed by atoms with Crippen molar-refractivity contribution in [1.29, 1.82) is 0 Å². The largest absolute Gasteiger partial charge is 0.317 e. The minimum absolute atomic E-state index is 1.03. The van der Waals surface area contributed by atoms with Gasteiger partial charge in [-0.25, -0.2) is 0 Å². The van der Waals surface area contributed by atoms with E-state index in [4.69, 9.17) is 0 Å². The molecular formula is C17H36N2. The molecule has 19 heavy (non-hydrogen) atoms. The zero-order valence-corrected chi connectivity index (χ0v) is 13.4. The van der Waals surface area contributed by atoms with Crippen LogP contribution in [0.2, 0.25) is 0 Å². The van der Waals surface area contributed by atoms with Gasteiger partial charge in [0.2, 0.25) is 0 Å². The summed E-state index contributed by atoms with van der Waals surface area (Å²) in [7, 11) is 0. The van der Waals surface area contributed by atoms with Crippen LogP contribution in [0, 0.1) is 5.92 Å². The molecule has 1 fully saturated rings. The van der Waals surface area contributed by atoms with E-state index in [1.807, 2.05) is 0 Å². The lowest BCUT2D eigenvalue weighted by molar-refractivity contribution is 0.175. The smallest absolute Gasteiger partial charge is 0.00161 e. The SMILES string of the molecule is CCCNCCCCCCN1CCC(CCC)CC1. The predicted octanol–water partition coefficient (Wildman–Crippen LogP) is 4.06. The molecular weight excluding hydrogens is 232 g/mol. The molecule has 0 aliphatic carbocycles. The van der Waals surface area contributed by atoms with Crippen molar-refractivity contribution in [3.63, 3.8) is 0 Å². The lowest BCUT2D eigenvalue weighted by Crippen LogP contribution is -2.34. The molecule has 0 atom stereocenters. The minimum Gasteiger partial charge on any atom is -0.317 e. The quantitative estimate of drug-likeness (QED) is 0.569. The summed E-state index contributed by atoms with van der Waals surface area (Å²) < 4.78 is 0. The first kappa shape index (κ1) is 17.0. The highest BCUT2D eigenvalue weighted by Gasteiger charge is 2.17. The van der Waals surface area contributed by atoms with Crippen LogP contribution in [0.5, 0.6) is 0 Å². The maximum absolute atomic E-state index is 3.48. The summed E-state index contributed by atoms with van der Waals surface area (Å²) >= 11 is 0. The van der Waals surface area contributed by atoms with Gasteiger partial charge < -0.3 is 10.2 Å². The summed E-state index contributed by atoms with van der Waals surface area (Å²) in [5.74, 6) is 1.03. The number of nitrogens with one attached hydrogen (secondary N) is 1. The van der Waals surface area contributed by atoms with E-state index in [-0.39, 0.29) is 0 Å². The monoisotopic (exact) mass is 268 g/mol. The van der Waals surface area contributed by atoms with Gasteiger partial charge >= 0.3 is 0 Å². The van der Waals surface area contributed by atoms with E-state index < -0.39 is 0 Å². The molecule has 0 amide bonds. The Labute approximate surface area is 121 Å². The fourth-order valence-electron chi connectivity index (χ4n) is 3.15. The van der Waals surface area contributed by atoms with Crippen molar-refractivity contribution in [3.05, 3.63) is 0 Å². The number of unbranched alkanes of at least 4 members (excludes halogenated alkanes) is 3. The Bertz CT molecular complexity index is 186. The molecule has 0 aromatic heterocycles. The average molecular weight is 268 g/mol. The van der Waals surface area contributed by atoms with Gasteiger partial charge in [-0.15, -0.1) is 0 Å². The fourth-order valence-corrected chi connectivity index (χ4v) is 3.15. The molecule has 1 aliphatic heterocycles. The Morgan fingerprint density at radius 1 is 0.895 bits per heavy atom. The number of hydrogen-bond acceptors (Lipinski definition) is 2. The van der Waals surface area contributed by atoms with Crippen molar-refractivity contribution in [3.8, 4) is 0 Å². The highest BCUT2D eigenvalue weighted by Crippen LogP contribution is 2.21. The first-order valence-corrected chi connectivity index (χ1v) is 8.79. The zero-order chi connectivity index (χ0) is 13.8. The molecule has 0 saturated carbocycles. The van der Waals surface area contributed by atoms with E-state index in [0.717, 1.165) is 5.92 Å². The van der Waals surface area contributed by atoms with Crippen LogP contribution in [0.1, 0.15) is 71.6 Å². The third kappa shape index (κ3) is 8.65. The van der Waals surface area contributed by atoms with Crippen molar-refractivity contribution in [2.75, 3.05) is 32.7 Å². The van der Waals surface area contributed by atoms with E-state index in [0.29, 0.717) is 0 Å². The van der Waals surface area contributed by atoms with E-state index in [1.165, 1.54) is 90.5 Å². The van der Waals surface area contributed by atoms with E-state index >= 15 is 0 Å². The van der Waals surface area contributed by atoms with Crippen LogP contribution in [-0.4, -0.2) is 37.6 Å². The summed E-state index contributed by atoms with van der Waals surface area (Å²) in [6, 6.07) is 0. The van der Waals surface area contributed by atoms with Gasteiger partial charge in [-0.2, -0.15) is 0 Å². The van der Waals surface area contributed by atoms with Gasteiger partial charge in [0.1, 0.15) is 0 Å². The molecule has 1 aliphatic rings. The summed E-state index contributed by atoms with van der Waals surface area (Å²) in [4.78, 5) is 2.70. The molecule has 0 spiro atoms. The summed E-state index contributed by atoms with van der Waals surface area (Å²) in [6.07, 6.45) is 12.6. The molecule has 1 heterocycles. The molecule has 0 bridgehead atoms. The number of piperidine rings is 1. The molecule has 0 radical (unpaired) electrons. The van der Waals surface area contributed by atoms with Crippen LogP contribution < -0.4 is 5.32 Å². The number of likely N-dealkylation sites (tertiary alicyclic amines) is 1. The second-order valence-electron chi connectivity index (χ2n) is 6.24. The van der Waals surface area contributed by atoms with Gasteiger partial charge in [-0.05, 0) is 70.7 Å². The first-order chi connectivity index (χ1) is 9.36. The van der Waals surface area contributed by atoms with Crippen LogP contribution in [0.4, 0.5) is 0 Å². The van der Waals surface area contributed by atoms with Gasteiger partial charge in [0.25, 0.3) is 0 Å². The molecule has 1 N–H and O–H groups in total. The zero-order valence-electron chi connectivity index (χ0n) is 13.4. The maximum atomic E-state index is 3.48. The lowest BCUT2D eigenvalue weighted by Gasteiger charge is -2.31. The highest BCUT2D eigenvalue weighted by atomic mass is 15.1. The van der Waals surface area contributed by atoms with Gasteiger partial charge in [-0.3, -0.25) is 0 Å². The Morgan fingerprint density at radius 3 is 2.32 bits per heavy atom. The van der Waals surface area contributed by atoms with Crippen LogP contribution in [0.15, 0.2) is 0 Å². The van der Waals surface area contributed by atoms with Crippen LogP contribution >= 0.6 is 0 Å². The molecule has 114 valence electrons. The van der Waals surface area contributed by atoms with Crippen LogP contribution in [0.3, 0.4) is 0 Å². The average Bonchev–Trinajstić information content (AvgIpc) is 2.44. The Balaban J connectivity index is 1.85. The maximum Gasteiger partial charge on any atom is -0.00161 e. The lowest BCUT2D eigenvalue weighted by atomic mass is 9.92. The summed E-state index contributed by atoms with van der Waals surface area (Å²) in [5.41, 5.74) is 0. The van der Waals surface area contributed by atoms with Crippen molar-refractivity contribution in [2.45, 2.75) is 71.6 Å². The molecule has 1 saturated heterocycles. The molecule has 0 aromatic carbocycles. The van der Waals surface area contributed by atoms with Crippen LogP contribution in [0.25, 0.3) is 0 Å². The summed E-state index contributed by atoms with van der Waals surface area (Å²) in [6.45, 7) is 11.0. The molecule has 1 rings (SSSR count). The molecule has 0 unspecified atom stereocenters. The van der Waals surface area contributed by atoms with Crippen LogP contribution in [-0.2, 0) is 0 Å². The first-order valence-electron chi connectivity index (χ1n) is 8.79. The molecule has 2 nitrogen and oxygen atoms in total. The number of hydrogen-bond donors (Lipinski definition) is 1. The molecule has 2 heteroatoms. The Morgan fingerprint density at radius 2 is 1.63 bits per heavy atom. The van der Waals surface area contributed by atoms with Crippen molar-refractivity contribution < 1.29 is 0 Å². The fraction of sp³-hybridized carbons (Fsp3) is 1.00. The predicted molar refractivity (Wildman–Crippen MR) is 85.7 cm³/mol. The van der Waals surface area contributed by atoms with Gasteiger partial charge in [0, 0.05) is 0 Å². The van der Waals surface area contributed by atoms with E-state index in [2.05, 4.69) is 24.1 Å². The highest BCUT2D eigenvalue weighted by molar-refractivity contribution is 4.71. The van der Waals surface area contributed by atoms with Gasteiger partial charge in [0.15, 0.2) is 0 Å². The normalized spacial score (nSPS) is 18.0. The van der Waals surface area contributed by atoms with Crippen molar-refractivity contribution in [2.24, 2.45) is 5.92 Å². The van der Waals surface area contributed by atoms with E-state index in [9.17, 15) is 0 Å². The topological polar surface area (TPSA) is 15.3 Å². The third-order valence-electron chi connectivity index (χ3n) is 4.41. The van der Waals surface area contributed by atoms with Gasteiger partial charge in [0.05, 0.1) is 0 Å². The third-order valence-corrected chi connectivity index (χ3v) is 4.41. The van der Waals surface area contributed by atoms with E-state index in [1.54, 1.807) is 0 Å². The Hall–Kier alpha value is -0.0800. The second-order valence-corrected chi connectivity index (χ2v) is 6.24. The van der Waals surface area contributed by atoms with Gasteiger partial charge in [-0.1, -0.05) is 39.5 Å². The van der Waals surface area contributed by atoms with Crippen molar-refractivity contribution >= 4 is 0 Å². The molecule has 0 aromatic rings. The standard InChI is InChI=1S/C17H36N2/c1-3-9-17-10-15-19(16-11-17)14-8-6-5-7-13-18-12-4-2/h17-18H,3-16H2,1-2H3. The second kappa shape index (κ2) is 11.7. The number of rotatable bonds is 11. The number of nitrogens with zero attached hydrogens (tertiary/aromatic N) is 1. The summed E-state index contributed by atoms with van der Waals surface area (Å²) in [5, 5.41) is 3.48.